The number of nitrogens with zero attached hydrogens (tertiary/aromatic N) is 2. The third-order valence-electron chi connectivity index (χ3n) is 6.74. The van der Waals surface area contributed by atoms with Gasteiger partial charge in [0.25, 0.3) is 5.91 Å². The van der Waals surface area contributed by atoms with Crippen LogP contribution in [-0.2, 0) is 4.79 Å². The van der Waals surface area contributed by atoms with Crippen LogP contribution in [0.1, 0.15) is 22.0 Å². The van der Waals surface area contributed by atoms with E-state index in [9.17, 15) is 9.59 Å². The Bertz CT molecular complexity index is 1330. The minimum atomic E-state index is -0.289. The number of carbonyl (C=O) groups is 2. The van der Waals surface area contributed by atoms with Gasteiger partial charge >= 0.3 is 0 Å². The molecule has 0 bridgehead atoms. The summed E-state index contributed by atoms with van der Waals surface area (Å²) in [4.78, 5) is 31.4. The molecule has 2 amide bonds. The molecule has 2 N–H and O–H groups in total. The Morgan fingerprint density at radius 2 is 1.51 bits per heavy atom. The number of nitrogens with one attached hydrogen (secondary N) is 2. The van der Waals surface area contributed by atoms with Crippen LogP contribution < -0.4 is 15.5 Å². The Morgan fingerprint density at radius 1 is 0.811 bits per heavy atom. The monoisotopic (exact) mass is 510 g/mol. The molecule has 0 saturated carbocycles. The summed E-state index contributed by atoms with van der Waals surface area (Å²) in [5.41, 5.74) is 4.48. The first-order valence-corrected chi connectivity index (χ1v) is 13.3. The van der Waals surface area contributed by atoms with Crippen LogP contribution in [0.15, 0.2) is 96.4 Å². The first-order valence-electron chi connectivity index (χ1n) is 12.4. The fourth-order valence-corrected chi connectivity index (χ4v) is 5.59. The van der Waals surface area contributed by atoms with Crippen LogP contribution in [0.4, 0.5) is 11.4 Å². The molecule has 37 heavy (non-hydrogen) atoms. The van der Waals surface area contributed by atoms with E-state index in [-0.39, 0.29) is 17.9 Å². The molecular formula is C30H30N4O2S. The van der Waals surface area contributed by atoms with Crippen molar-refractivity contribution >= 4 is 34.5 Å². The van der Waals surface area contributed by atoms with Gasteiger partial charge in [-0.3, -0.25) is 14.5 Å². The predicted molar refractivity (Wildman–Crippen MR) is 151 cm³/mol. The molecule has 7 heteroatoms. The first kappa shape index (κ1) is 24.7. The molecule has 1 aliphatic heterocycles. The summed E-state index contributed by atoms with van der Waals surface area (Å²) < 4.78 is 0. The molecular weight excluding hydrogens is 480 g/mol. The Kier molecular flexibility index (Phi) is 7.63. The lowest BCUT2D eigenvalue weighted by molar-refractivity contribution is -0.126. The molecule has 2 heterocycles. The van der Waals surface area contributed by atoms with E-state index in [4.69, 9.17) is 0 Å². The minimum absolute atomic E-state index is 0.0143. The van der Waals surface area contributed by atoms with E-state index in [2.05, 4.69) is 20.4 Å². The number of thiophene rings is 1. The van der Waals surface area contributed by atoms with Gasteiger partial charge in [0, 0.05) is 60.6 Å². The Balaban J connectivity index is 1.22. The summed E-state index contributed by atoms with van der Waals surface area (Å²) in [6, 6.07) is 29.4. The fraction of sp³-hybridized carbons (Fsp3) is 0.200. The lowest BCUT2D eigenvalue weighted by atomic mass is 10.0. The molecule has 3 aromatic carbocycles. The lowest BCUT2D eigenvalue weighted by Gasteiger charge is -2.39. The van der Waals surface area contributed by atoms with Crippen LogP contribution in [0, 0.1) is 0 Å². The average molecular weight is 511 g/mol. The summed E-state index contributed by atoms with van der Waals surface area (Å²) in [6.07, 6.45) is 0. The van der Waals surface area contributed by atoms with E-state index in [1.807, 2.05) is 96.4 Å². The van der Waals surface area contributed by atoms with Crippen LogP contribution in [0.25, 0.3) is 10.4 Å². The second kappa shape index (κ2) is 11.4. The highest BCUT2D eigenvalue weighted by molar-refractivity contribution is 7.13. The van der Waals surface area contributed by atoms with Gasteiger partial charge in [-0.2, -0.15) is 0 Å². The van der Waals surface area contributed by atoms with E-state index in [1.165, 1.54) is 0 Å². The van der Waals surface area contributed by atoms with Crippen LogP contribution in [-0.4, -0.2) is 49.9 Å². The number of likely N-dealkylation sites (N-methyl/N-ethyl adjacent to an activating group) is 1. The molecule has 0 radical (unpaired) electrons. The maximum absolute atomic E-state index is 13.1. The molecule has 4 aromatic rings. The van der Waals surface area contributed by atoms with Crippen molar-refractivity contribution in [3.8, 4) is 10.4 Å². The quantitative estimate of drug-likeness (QED) is 0.355. The van der Waals surface area contributed by atoms with Crippen molar-refractivity contribution in [3.63, 3.8) is 0 Å². The Labute approximate surface area is 221 Å². The van der Waals surface area contributed by atoms with Gasteiger partial charge in [-0.15, -0.1) is 11.3 Å². The molecule has 188 valence electrons. The van der Waals surface area contributed by atoms with Gasteiger partial charge in [0.2, 0.25) is 5.91 Å². The Morgan fingerprint density at radius 3 is 2.19 bits per heavy atom. The van der Waals surface area contributed by atoms with E-state index in [0.717, 1.165) is 53.6 Å². The molecule has 1 atom stereocenters. The van der Waals surface area contributed by atoms with E-state index >= 15 is 0 Å². The van der Waals surface area contributed by atoms with Gasteiger partial charge in [0.1, 0.15) is 6.04 Å². The molecule has 6 nitrogen and oxygen atoms in total. The molecule has 1 saturated heterocycles. The maximum atomic E-state index is 13.1. The molecule has 5 rings (SSSR count). The molecule has 1 unspecified atom stereocenters. The van der Waals surface area contributed by atoms with Gasteiger partial charge in [-0.05, 0) is 47.3 Å². The maximum Gasteiger partial charge on any atom is 0.256 e. The van der Waals surface area contributed by atoms with E-state index < -0.39 is 0 Å². The smallest absolute Gasteiger partial charge is 0.256 e. The zero-order chi connectivity index (χ0) is 25.6. The lowest BCUT2D eigenvalue weighted by Crippen LogP contribution is -2.50. The number of rotatable bonds is 7. The first-order chi connectivity index (χ1) is 18.1. The van der Waals surface area contributed by atoms with Gasteiger partial charge < -0.3 is 15.5 Å². The second-order valence-corrected chi connectivity index (χ2v) is 9.92. The Hall–Kier alpha value is -3.94. The number of hydrogen-bond donors (Lipinski definition) is 2. The highest BCUT2D eigenvalue weighted by Gasteiger charge is 2.29. The van der Waals surface area contributed by atoms with E-state index in [1.54, 1.807) is 18.4 Å². The van der Waals surface area contributed by atoms with Gasteiger partial charge in [0.15, 0.2) is 0 Å². The summed E-state index contributed by atoms with van der Waals surface area (Å²) in [7, 11) is 1.69. The number of amides is 2. The van der Waals surface area contributed by atoms with Crippen molar-refractivity contribution in [1.29, 1.82) is 0 Å². The average Bonchev–Trinajstić information content (AvgIpc) is 3.50. The standard InChI is InChI=1S/C30H30N4O2S/c1-31-30(36)28(22-8-3-2-4-9-22)34-19-17-33(18-20-34)24-15-13-23(14-16-24)32-29(35)26-11-6-5-10-25(26)27-12-7-21-37-27/h2-16,21,28H,17-20H2,1H3,(H,31,36)(H,32,35). The number of anilines is 2. The predicted octanol–water partition coefficient (Wildman–Crippen LogP) is 5.28. The largest absolute Gasteiger partial charge is 0.369 e. The van der Waals surface area contributed by atoms with Crippen molar-refractivity contribution in [1.82, 2.24) is 10.2 Å². The van der Waals surface area contributed by atoms with Crippen molar-refractivity contribution in [2.45, 2.75) is 6.04 Å². The number of carbonyl (C=O) groups excluding carboxylic acids is 2. The number of benzene rings is 3. The third kappa shape index (κ3) is 5.58. The van der Waals surface area contributed by atoms with Crippen LogP contribution in [0.3, 0.4) is 0 Å². The minimum Gasteiger partial charge on any atom is -0.369 e. The summed E-state index contributed by atoms with van der Waals surface area (Å²) in [5.74, 6) is -0.105. The van der Waals surface area contributed by atoms with Crippen molar-refractivity contribution in [3.05, 3.63) is 108 Å². The van der Waals surface area contributed by atoms with Gasteiger partial charge in [0.05, 0.1) is 0 Å². The molecule has 0 spiro atoms. The third-order valence-corrected chi connectivity index (χ3v) is 7.64. The number of piperazine rings is 1. The zero-order valence-corrected chi connectivity index (χ0v) is 21.6. The molecule has 1 aliphatic rings. The van der Waals surface area contributed by atoms with Gasteiger partial charge in [-0.25, -0.2) is 0 Å². The van der Waals surface area contributed by atoms with E-state index in [0.29, 0.717) is 5.56 Å². The number of hydrogen-bond acceptors (Lipinski definition) is 5. The van der Waals surface area contributed by atoms with Crippen LogP contribution in [0.5, 0.6) is 0 Å². The highest BCUT2D eigenvalue weighted by Crippen LogP contribution is 2.29. The summed E-state index contributed by atoms with van der Waals surface area (Å²) in [6.45, 7) is 3.20. The van der Waals surface area contributed by atoms with Crippen LogP contribution in [0.2, 0.25) is 0 Å². The van der Waals surface area contributed by atoms with Crippen molar-refractivity contribution in [2.75, 3.05) is 43.4 Å². The molecule has 1 fully saturated rings. The second-order valence-electron chi connectivity index (χ2n) is 8.97. The molecule has 0 aliphatic carbocycles. The SMILES string of the molecule is CNC(=O)C(c1ccccc1)N1CCN(c2ccc(NC(=O)c3ccccc3-c3cccs3)cc2)CC1. The topological polar surface area (TPSA) is 64.7 Å². The van der Waals surface area contributed by atoms with Gasteiger partial charge in [-0.1, -0.05) is 54.6 Å². The normalized spacial score (nSPS) is 14.7. The highest BCUT2D eigenvalue weighted by atomic mass is 32.1. The summed E-state index contributed by atoms with van der Waals surface area (Å²) >= 11 is 1.62. The summed E-state index contributed by atoms with van der Waals surface area (Å²) in [5, 5.41) is 7.88. The zero-order valence-electron chi connectivity index (χ0n) is 20.8. The van der Waals surface area contributed by atoms with Crippen LogP contribution >= 0.6 is 11.3 Å². The fourth-order valence-electron chi connectivity index (χ4n) is 4.82. The van der Waals surface area contributed by atoms with Crippen molar-refractivity contribution in [2.24, 2.45) is 0 Å². The molecule has 1 aromatic heterocycles. The van der Waals surface area contributed by atoms with Crippen molar-refractivity contribution < 1.29 is 9.59 Å².